The SMILES string of the molecule is CCNC(=O)C#Cc1ccc2c(c1)NC(=O)/C2=C(\Nc1ccc(CN2CCCC2)cc1)c1ccccc1. The van der Waals surface area contributed by atoms with Crippen LogP contribution in [-0.2, 0) is 16.1 Å². The van der Waals surface area contributed by atoms with Crippen molar-refractivity contribution in [3.63, 3.8) is 0 Å². The Kier molecular flexibility index (Phi) is 7.34. The van der Waals surface area contributed by atoms with Gasteiger partial charge in [-0.2, -0.15) is 0 Å². The number of fused-ring (bicyclic) bond motifs is 1. The van der Waals surface area contributed by atoms with E-state index in [0.29, 0.717) is 23.4 Å². The van der Waals surface area contributed by atoms with Crippen molar-refractivity contribution in [2.45, 2.75) is 26.3 Å². The average Bonchev–Trinajstić information content (AvgIpc) is 3.54. The summed E-state index contributed by atoms with van der Waals surface area (Å²) in [4.78, 5) is 27.4. The molecule has 1 saturated heterocycles. The number of nitrogens with zero attached hydrogens (tertiary/aromatic N) is 1. The summed E-state index contributed by atoms with van der Waals surface area (Å²) in [5, 5.41) is 9.16. The van der Waals surface area contributed by atoms with Gasteiger partial charge in [0.2, 0.25) is 0 Å². The third-order valence-electron chi connectivity index (χ3n) is 6.56. The zero-order chi connectivity index (χ0) is 25.6. The fourth-order valence-electron chi connectivity index (χ4n) is 4.75. The van der Waals surface area contributed by atoms with Crippen molar-refractivity contribution >= 4 is 34.5 Å². The van der Waals surface area contributed by atoms with Gasteiger partial charge in [-0.15, -0.1) is 0 Å². The Bertz CT molecular complexity index is 1390. The molecule has 0 aromatic heterocycles. The van der Waals surface area contributed by atoms with Gasteiger partial charge in [-0.1, -0.05) is 54.5 Å². The first-order valence-corrected chi connectivity index (χ1v) is 12.7. The quantitative estimate of drug-likeness (QED) is 0.346. The maximum Gasteiger partial charge on any atom is 0.296 e. The number of hydrogen-bond acceptors (Lipinski definition) is 4. The summed E-state index contributed by atoms with van der Waals surface area (Å²) in [6.45, 7) is 5.67. The largest absolute Gasteiger partial charge is 0.354 e. The van der Waals surface area contributed by atoms with Crippen LogP contribution < -0.4 is 16.0 Å². The minimum Gasteiger partial charge on any atom is -0.354 e. The lowest BCUT2D eigenvalue weighted by atomic mass is 9.99. The topological polar surface area (TPSA) is 73.5 Å². The van der Waals surface area contributed by atoms with E-state index < -0.39 is 0 Å². The molecular weight excluding hydrogens is 460 g/mol. The zero-order valence-electron chi connectivity index (χ0n) is 20.9. The van der Waals surface area contributed by atoms with Crippen LogP contribution in [0.1, 0.15) is 42.0 Å². The van der Waals surface area contributed by atoms with E-state index in [1.807, 2.05) is 55.5 Å². The van der Waals surface area contributed by atoms with Crippen molar-refractivity contribution in [3.05, 3.63) is 95.1 Å². The third kappa shape index (κ3) is 5.74. The van der Waals surface area contributed by atoms with E-state index in [2.05, 4.69) is 57.0 Å². The molecule has 2 aliphatic heterocycles. The lowest BCUT2D eigenvalue weighted by molar-refractivity contribution is -0.115. The molecular formula is C31H30N4O2. The first-order chi connectivity index (χ1) is 18.1. The van der Waals surface area contributed by atoms with E-state index >= 15 is 0 Å². The molecule has 3 aromatic rings. The van der Waals surface area contributed by atoms with Crippen LogP contribution in [0.4, 0.5) is 11.4 Å². The molecule has 6 nitrogen and oxygen atoms in total. The standard InChI is InChI=1S/C31H30N4O2/c1-2-32-28(36)17-13-22-12-16-26-27(20-22)34-31(37)29(26)30(24-8-4-3-5-9-24)33-25-14-10-23(11-15-25)21-35-18-6-7-19-35/h3-5,8-12,14-16,20,33H,2,6-7,18-19,21H2,1H3,(H,32,36)(H,34,37)/b30-29-. The maximum absolute atomic E-state index is 13.2. The average molecular weight is 491 g/mol. The van der Waals surface area contributed by atoms with Crippen LogP contribution in [-0.4, -0.2) is 36.3 Å². The van der Waals surface area contributed by atoms with Crippen LogP contribution >= 0.6 is 0 Å². The molecule has 3 aromatic carbocycles. The number of benzene rings is 3. The second-order valence-electron chi connectivity index (χ2n) is 9.25. The van der Waals surface area contributed by atoms with E-state index in [-0.39, 0.29) is 11.8 Å². The van der Waals surface area contributed by atoms with E-state index in [0.717, 1.165) is 42.1 Å². The van der Waals surface area contributed by atoms with Gasteiger partial charge < -0.3 is 16.0 Å². The molecule has 186 valence electrons. The van der Waals surface area contributed by atoms with Crippen molar-refractivity contribution in [2.75, 3.05) is 30.3 Å². The number of hydrogen-bond donors (Lipinski definition) is 3. The molecule has 37 heavy (non-hydrogen) atoms. The van der Waals surface area contributed by atoms with Crippen molar-refractivity contribution < 1.29 is 9.59 Å². The Morgan fingerprint density at radius 2 is 1.76 bits per heavy atom. The predicted molar refractivity (Wildman–Crippen MR) is 148 cm³/mol. The molecule has 0 unspecified atom stereocenters. The number of anilines is 2. The highest BCUT2D eigenvalue weighted by molar-refractivity contribution is 6.37. The van der Waals surface area contributed by atoms with Gasteiger partial charge in [-0.3, -0.25) is 14.5 Å². The minimum absolute atomic E-state index is 0.180. The molecule has 0 radical (unpaired) electrons. The summed E-state index contributed by atoms with van der Waals surface area (Å²) < 4.78 is 0. The van der Waals surface area contributed by atoms with Crippen molar-refractivity contribution in [3.8, 4) is 11.8 Å². The number of nitrogens with one attached hydrogen (secondary N) is 3. The van der Waals surface area contributed by atoms with Crippen LogP contribution in [0.25, 0.3) is 11.3 Å². The van der Waals surface area contributed by atoms with Crippen molar-refractivity contribution in [2.24, 2.45) is 0 Å². The van der Waals surface area contributed by atoms with Crippen molar-refractivity contribution in [1.29, 1.82) is 0 Å². The second-order valence-corrected chi connectivity index (χ2v) is 9.25. The van der Waals surface area contributed by atoms with E-state index in [4.69, 9.17) is 0 Å². The van der Waals surface area contributed by atoms with Crippen LogP contribution in [0, 0.1) is 11.8 Å². The van der Waals surface area contributed by atoms with Gasteiger partial charge in [0.15, 0.2) is 0 Å². The number of amides is 2. The lowest BCUT2D eigenvalue weighted by Gasteiger charge is -2.17. The summed E-state index contributed by atoms with van der Waals surface area (Å²) in [6.07, 6.45) is 2.55. The normalized spacial score (nSPS) is 15.9. The third-order valence-corrected chi connectivity index (χ3v) is 6.56. The van der Waals surface area contributed by atoms with E-state index in [1.54, 1.807) is 0 Å². The summed E-state index contributed by atoms with van der Waals surface area (Å²) >= 11 is 0. The molecule has 3 N–H and O–H groups in total. The molecule has 0 spiro atoms. The van der Waals surface area contributed by atoms with Gasteiger partial charge in [0, 0.05) is 35.8 Å². The number of likely N-dealkylation sites (tertiary alicyclic amines) is 1. The van der Waals surface area contributed by atoms with Crippen LogP contribution in [0.3, 0.4) is 0 Å². The predicted octanol–water partition coefficient (Wildman–Crippen LogP) is 4.70. The zero-order valence-corrected chi connectivity index (χ0v) is 20.9. The molecule has 2 amide bonds. The molecule has 0 saturated carbocycles. The number of carbonyl (C=O) groups excluding carboxylic acids is 2. The summed E-state index contributed by atoms with van der Waals surface area (Å²) in [5.41, 5.74) is 6.57. The fourth-order valence-corrected chi connectivity index (χ4v) is 4.75. The summed E-state index contributed by atoms with van der Waals surface area (Å²) in [5.74, 6) is 4.95. The van der Waals surface area contributed by atoms with Gasteiger partial charge in [0.05, 0.1) is 17.0 Å². The summed E-state index contributed by atoms with van der Waals surface area (Å²) in [7, 11) is 0. The molecule has 2 aliphatic rings. The van der Waals surface area contributed by atoms with Crippen LogP contribution in [0.2, 0.25) is 0 Å². The fraction of sp³-hybridized carbons (Fsp3) is 0.226. The second kappa shape index (κ2) is 11.2. The van der Waals surface area contributed by atoms with Crippen LogP contribution in [0.5, 0.6) is 0 Å². The van der Waals surface area contributed by atoms with E-state index in [1.165, 1.54) is 18.4 Å². The number of rotatable bonds is 6. The first kappa shape index (κ1) is 24.4. The highest BCUT2D eigenvalue weighted by Crippen LogP contribution is 2.38. The Morgan fingerprint density at radius 3 is 2.49 bits per heavy atom. The smallest absolute Gasteiger partial charge is 0.296 e. The van der Waals surface area contributed by atoms with Gasteiger partial charge in [-0.25, -0.2) is 0 Å². The molecule has 0 aliphatic carbocycles. The molecule has 0 atom stereocenters. The van der Waals surface area contributed by atoms with Gasteiger partial charge in [0.1, 0.15) is 0 Å². The maximum atomic E-state index is 13.2. The number of carbonyl (C=O) groups is 2. The highest BCUT2D eigenvalue weighted by Gasteiger charge is 2.28. The molecule has 0 bridgehead atoms. The Labute approximate surface area is 217 Å². The Balaban J connectivity index is 1.46. The monoisotopic (exact) mass is 490 g/mol. The van der Waals surface area contributed by atoms with Gasteiger partial charge >= 0.3 is 0 Å². The lowest BCUT2D eigenvalue weighted by Crippen LogP contribution is -2.20. The highest BCUT2D eigenvalue weighted by atomic mass is 16.2. The molecule has 2 heterocycles. The molecule has 6 heteroatoms. The molecule has 1 fully saturated rings. The van der Waals surface area contributed by atoms with E-state index in [9.17, 15) is 9.59 Å². The van der Waals surface area contributed by atoms with Gasteiger partial charge in [0.25, 0.3) is 11.8 Å². The Morgan fingerprint density at radius 1 is 1.00 bits per heavy atom. The Hall–Kier alpha value is -4.34. The molecule has 5 rings (SSSR count). The van der Waals surface area contributed by atoms with Crippen molar-refractivity contribution in [1.82, 2.24) is 10.2 Å². The van der Waals surface area contributed by atoms with Gasteiger partial charge in [-0.05, 0) is 68.2 Å². The first-order valence-electron chi connectivity index (χ1n) is 12.7. The van der Waals surface area contributed by atoms with Crippen LogP contribution in [0.15, 0.2) is 72.8 Å². The summed E-state index contributed by atoms with van der Waals surface area (Å²) in [6, 6.07) is 23.8. The minimum atomic E-state index is -0.324.